The van der Waals surface area contributed by atoms with Gasteiger partial charge in [-0.1, -0.05) is 23.7 Å². The number of piperazine rings is 1. The lowest BCUT2D eigenvalue weighted by Crippen LogP contribution is -2.48. The summed E-state index contributed by atoms with van der Waals surface area (Å²) in [5.41, 5.74) is 1.27. The predicted molar refractivity (Wildman–Crippen MR) is 122 cm³/mol. The molecule has 1 unspecified atom stereocenters. The van der Waals surface area contributed by atoms with Crippen molar-refractivity contribution in [1.29, 1.82) is 0 Å². The number of halogens is 3. The summed E-state index contributed by atoms with van der Waals surface area (Å²) in [7, 11) is 0. The second-order valence-corrected chi connectivity index (χ2v) is 7.62. The van der Waals surface area contributed by atoms with Crippen molar-refractivity contribution in [3.63, 3.8) is 0 Å². The van der Waals surface area contributed by atoms with Crippen LogP contribution in [-0.4, -0.2) is 67.1 Å². The van der Waals surface area contributed by atoms with E-state index in [9.17, 15) is 5.11 Å². The molecule has 0 aliphatic carbocycles. The van der Waals surface area contributed by atoms with Crippen molar-refractivity contribution in [3.05, 3.63) is 53.1 Å². The Morgan fingerprint density at radius 2 is 1.60 bits per heavy atom. The van der Waals surface area contributed by atoms with Crippen LogP contribution in [0.1, 0.15) is 5.56 Å². The molecule has 0 saturated carbocycles. The molecule has 1 fully saturated rings. The maximum atomic E-state index is 10.3. The van der Waals surface area contributed by atoms with Gasteiger partial charge in [-0.05, 0) is 29.8 Å². The molecule has 2 aromatic rings. The lowest BCUT2D eigenvalue weighted by molar-refractivity contribution is 0.0446. The molecule has 0 bridgehead atoms. The van der Waals surface area contributed by atoms with Crippen LogP contribution in [0.15, 0.2) is 42.5 Å². The number of β-amino-alcohol motifs (C(OH)–C–C–N with tert-alkyl or cyclic N) is 1. The highest BCUT2D eigenvalue weighted by Gasteiger charge is 2.20. The van der Waals surface area contributed by atoms with Crippen molar-refractivity contribution < 1.29 is 19.3 Å². The first-order chi connectivity index (χ1) is 13.7. The maximum absolute atomic E-state index is 10.3. The zero-order valence-electron chi connectivity index (χ0n) is 16.5. The monoisotopic (exact) mass is 476 g/mol. The number of fused-ring (bicyclic) bond motifs is 1. The molecule has 1 saturated heterocycles. The summed E-state index contributed by atoms with van der Waals surface area (Å²) < 4.78 is 16.3. The second kappa shape index (κ2) is 11.8. The highest BCUT2D eigenvalue weighted by Crippen LogP contribution is 2.35. The molecule has 2 aliphatic heterocycles. The molecule has 9 heteroatoms. The van der Waals surface area contributed by atoms with Crippen molar-refractivity contribution >= 4 is 36.4 Å². The molecule has 6 nitrogen and oxygen atoms in total. The van der Waals surface area contributed by atoms with Crippen LogP contribution in [0.3, 0.4) is 0 Å². The van der Waals surface area contributed by atoms with Crippen LogP contribution in [0, 0.1) is 0 Å². The maximum Gasteiger partial charge on any atom is 0.231 e. The minimum Gasteiger partial charge on any atom is -0.491 e. The van der Waals surface area contributed by atoms with Gasteiger partial charge in [-0.15, -0.1) is 24.8 Å². The van der Waals surface area contributed by atoms with Gasteiger partial charge < -0.3 is 19.3 Å². The third kappa shape index (κ3) is 6.80. The number of hydrogen-bond acceptors (Lipinski definition) is 6. The third-order valence-electron chi connectivity index (χ3n) is 5.04. The average molecular weight is 478 g/mol. The van der Waals surface area contributed by atoms with E-state index in [-0.39, 0.29) is 38.2 Å². The van der Waals surface area contributed by atoms with Crippen LogP contribution in [0.25, 0.3) is 0 Å². The number of hydrogen-bond donors (Lipinski definition) is 1. The number of nitrogens with zero attached hydrogens (tertiary/aromatic N) is 2. The third-order valence-corrected chi connectivity index (χ3v) is 5.29. The Morgan fingerprint density at radius 3 is 2.33 bits per heavy atom. The number of benzene rings is 2. The van der Waals surface area contributed by atoms with Gasteiger partial charge >= 0.3 is 0 Å². The molecule has 0 spiro atoms. The first kappa shape index (κ1) is 24.9. The summed E-state index contributed by atoms with van der Waals surface area (Å²) in [4.78, 5) is 4.71. The van der Waals surface area contributed by atoms with Crippen LogP contribution in [-0.2, 0) is 6.54 Å². The Bertz CT molecular complexity index is 786. The number of aliphatic hydroxyl groups excluding tert-OH is 1. The minimum absolute atomic E-state index is 0. The Labute approximate surface area is 194 Å². The number of rotatable bonds is 7. The molecule has 30 heavy (non-hydrogen) atoms. The van der Waals surface area contributed by atoms with E-state index in [4.69, 9.17) is 25.8 Å². The normalized spacial score (nSPS) is 17.0. The summed E-state index contributed by atoms with van der Waals surface area (Å²) in [5.74, 6) is 2.09. The van der Waals surface area contributed by atoms with Gasteiger partial charge in [0, 0.05) is 50.4 Å². The van der Waals surface area contributed by atoms with E-state index in [1.807, 2.05) is 24.3 Å². The van der Waals surface area contributed by atoms with E-state index in [2.05, 4.69) is 21.9 Å². The summed E-state index contributed by atoms with van der Waals surface area (Å²) >= 11 is 5.95. The fourth-order valence-electron chi connectivity index (χ4n) is 3.49. The molecular weight excluding hydrogens is 451 g/mol. The van der Waals surface area contributed by atoms with Crippen LogP contribution in [0.4, 0.5) is 0 Å². The Balaban J connectivity index is 0.00000160. The summed E-state index contributed by atoms with van der Waals surface area (Å²) in [6, 6.07) is 13.5. The zero-order valence-corrected chi connectivity index (χ0v) is 18.9. The van der Waals surface area contributed by atoms with E-state index in [0.717, 1.165) is 43.5 Å². The molecule has 0 aromatic heterocycles. The van der Waals surface area contributed by atoms with Gasteiger partial charge in [0.15, 0.2) is 11.5 Å². The van der Waals surface area contributed by atoms with Crippen molar-refractivity contribution in [2.24, 2.45) is 0 Å². The highest BCUT2D eigenvalue weighted by molar-refractivity contribution is 6.30. The molecule has 2 heterocycles. The second-order valence-electron chi connectivity index (χ2n) is 7.18. The standard InChI is InChI=1S/C21H25ClN2O4.2ClH/c22-17-3-1-16(2-4-17)12-23-7-9-24(10-8-23)13-18(25)14-26-19-5-6-20-21(11-19)28-15-27-20;;/h1-6,11,18,25H,7-10,12-15H2;2*1H. The van der Waals surface area contributed by atoms with E-state index in [1.165, 1.54) is 5.56 Å². The van der Waals surface area contributed by atoms with Gasteiger partial charge in [-0.2, -0.15) is 0 Å². The Hall–Kier alpha value is -1.41. The lowest BCUT2D eigenvalue weighted by atomic mass is 10.2. The molecular formula is C21H27Cl3N2O4. The fourth-order valence-corrected chi connectivity index (χ4v) is 3.61. The van der Waals surface area contributed by atoms with E-state index in [1.54, 1.807) is 6.07 Å². The summed E-state index contributed by atoms with van der Waals surface area (Å²) in [5, 5.41) is 11.1. The quantitative estimate of drug-likeness (QED) is 0.659. The number of ether oxygens (including phenoxy) is 3. The van der Waals surface area contributed by atoms with E-state index in [0.29, 0.717) is 18.0 Å². The molecule has 1 atom stereocenters. The topological polar surface area (TPSA) is 54.4 Å². The van der Waals surface area contributed by atoms with E-state index < -0.39 is 6.10 Å². The van der Waals surface area contributed by atoms with Gasteiger partial charge in [-0.25, -0.2) is 0 Å². The van der Waals surface area contributed by atoms with Crippen LogP contribution in [0.5, 0.6) is 17.2 Å². The SMILES string of the molecule is Cl.Cl.OC(COc1ccc2c(c1)OCO2)CN1CCN(Cc2ccc(Cl)cc2)CC1. The average Bonchev–Trinajstić information content (AvgIpc) is 3.17. The number of aliphatic hydroxyl groups is 1. The lowest BCUT2D eigenvalue weighted by Gasteiger charge is -2.35. The van der Waals surface area contributed by atoms with Crippen molar-refractivity contribution in [1.82, 2.24) is 9.80 Å². The van der Waals surface area contributed by atoms with Gasteiger partial charge in [0.1, 0.15) is 18.5 Å². The fraction of sp³-hybridized carbons (Fsp3) is 0.429. The molecule has 2 aromatic carbocycles. The summed E-state index contributed by atoms with van der Waals surface area (Å²) in [6.07, 6.45) is -0.534. The largest absolute Gasteiger partial charge is 0.491 e. The van der Waals surface area contributed by atoms with Gasteiger partial charge in [0.05, 0.1) is 0 Å². The smallest absolute Gasteiger partial charge is 0.231 e. The molecule has 4 rings (SSSR count). The van der Waals surface area contributed by atoms with Gasteiger partial charge in [-0.3, -0.25) is 9.80 Å². The minimum atomic E-state index is -0.534. The highest BCUT2D eigenvalue weighted by atomic mass is 35.5. The molecule has 1 N–H and O–H groups in total. The van der Waals surface area contributed by atoms with Crippen LogP contribution >= 0.6 is 36.4 Å². The van der Waals surface area contributed by atoms with Crippen LogP contribution < -0.4 is 14.2 Å². The molecule has 0 amide bonds. The van der Waals surface area contributed by atoms with Gasteiger partial charge in [0.25, 0.3) is 0 Å². The van der Waals surface area contributed by atoms with Crippen molar-refractivity contribution in [2.45, 2.75) is 12.6 Å². The van der Waals surface area contributed by atoms with Crippen LogP contribution in [0.2, 0.25) is 5.02 Å². The zero-order chi connectivity index (χ0) is 19.3. The Morgan fingerprint density at radius 1 is 0.933 bits per heavy atom. The van der Waals surface area contributed by atoms with Crippen molar-refractivity contribution in [3.8, 4) is 17.2 Å². The Kier molecular flexibility index (Phi) is 9.81. The predicted octanol–water partition coefficient (Wildman–Crippen LogP) is 3.47. The molecule has 0 radical (unpaired) electrons. The summed E-state index contributed by atoms with van der Waals surface area (Å²) in [6.45, 7) is 5.89. The molecule has 2 aliphatic rings. The molecule has 166 valence electrons. The van der Waals surface area contributed by atoms with Crippen molar-refractivity contribution in [2.75, 3.05) is 46.1 Å². The van der Waals surface area contributed by atoms with E-state index >= 15 is 0 Å². The first-order valence-electron chi connectivity index (χ1n) is 9.55. The first-order valence-corrected chi connectivity index (χ1v) is 9.93. The van der Waals surface area contributed by atoms with Gasteiger partial charge in [0.2, 0.25) is 6.79 Å².